The van der Waals surface area contributed by atoms with Crippen molar-refractivity contribution in [3.63, 3.8) is 0 Å². The average Bonchev–Trinajstić information content (AvgIpc) is 2.84. The van der Waals surface area contributed by atoms with Crippen LogP contribution in [0.2, 0.25) is 0 Å². The molecule has 0 unspecified atom stereocenters. The molecule has 33 heavy (non-hydrogen) atoms. The molecule has 0 heterocycles. The molecule has 170 valence electrons. The van der Waals surface area contributed by atoms with Crippen molar-refractivity contribution in [1.29, 1.82) is 5.26 Å². The fraction of sp³-hybridized carbons (Fsp3) is 0.200. The van der Waals surface area contributed by atoms with Crippen molar-refractivity contribution in [2.75, 3.05) is 18.4 Å². The molecular weight excluding hydrogens is 438 g/mol. The Hall–Kier alpha value is -3.83. The summed E-state index contributed by atoms with van der Waals surface area (Å²) in [7, 11) is -2.48. The van der Waals surface area contributed by atoms with Gasteiger partial charge >= 0.3 is 0 Å². The highest BCUT2D eigenvalue weighted by Gasteiger charge is 2.21. The molecule has 0 saturated carbocycles. The van der Waals surface area contributed by atoms with Crippen LogP contribution in [0.15, 0.2) is 77.7 Å². The average molecular weight is 464 g/mol. The Morgan fingerprint density at radius 1 is 1.06 bits per heavy atom. The van der Waals surface area contributed by atoms with Crippen LogP contribution in [-0.4, -0.2) is 32.9 Å². The highest BCUT2D eigenvalue weighted by atomic mass is 32.2. The predicted molar refractivity (Wildman–Crippen MR) is 126 cm³/mol. The van der Waals surface area contributed by atoms with Gasteiger partial charge in [0.15, 0.2) is 0 Å². The molecule has 3 aromatic carbocycles. The molecule has 0 aromatic heterocycles. The van der Waals surface area contributed by atoms with Crippen LogP contribution in [0.3, 0.4) is 0 Å². The van der Waals surface area contributed by atoms with Gasteiger partial charge in [-0.2, -0.15) is 5.26 Å². The van der Waals surface area contributed by atoms with E-state index < -0.39 is 10.0 Å². The van der Waals surface area contributed by atoms with Crippen LogP contribution in [0.25, 0.3) is 0 Å². The summed E-state index contributed by atoms with van der Waals surface area (Å²) in [6.07, 6.45) is 0.745. The van der Waals surface area contributed by atoms with Gasteiger partial charge in [-0.25, -0.2) is 8.42 Å². The molecule has 0 aliphatic heterocycles. The second-order valence-corrected chi connectivity index (χ2v) is 9.05. The Morgan fingerprint density at radius 2 is 1.79 bits per heavy atom. The molecular formula is C25H25N3O4S. The number of sulfonamides is 1. The number of nitrogens with one attached hydrogen (secondary N) is 1. The first-order valence-electron chi connectivity index (χ1n) is 10.4. The third-order valence-electron chi connectivity index (χ3n) is 4.98. The smallest absolute Gasteiger partial charge is 0.262 e. The Balaban J connectivity index is 1.85. The molecule has 0 fully saturated rings. The highest BCUT2D eigenvalue weighted by molar-refractivity contribution is 7.92. The summed E-state index contributed by atoms with van der Waals surface area (Å²) < 4.78 is 33.7. The summed E-state index contributed by atoms with van der Waals surface area (Å²) in [5.41, 5.74) is 2.02. The minimum absolute atomic E-state index is 0.0194. The summed E-state index contributed by atoms with van der Waals surface area (Å²) in [5.74, 6) is 0.125. The number of para-hydroxylation sites is 2. The van der Waals surface area contributed by atoms with Crippen LogP contribution < -0.4 is 9.46 Å². The zero-order valence-electron chi connectivity index (χ0n) is 18.5. The number of hydrogen-bond acceptors (Lipinski definition) is 5. The largest absolute Gasteiger partial charge is 0.495 e. The predicted octanol–water partition coefficient (Wildman–Crippen LogP) is 4.42. The van der Waals surface area contributed by atoms with Gasteiger partial charge in [-0.05, 0) is 54.4 Å². The van der Waals surface area contributed by atoms with E-state index in [-0.39, 0.29) is 16.4 Å². The van der Waals surface area contributed by atoms with Crippen LogP contribution in [0.4, 0.5) is 5.69 Å². The number of amides is 1. The molecule has 1 N–H and O–H groups in total. The van der Waals surface area contributed by atoms with Crippen molar-refractivity contribution in [3.05, 3.63) is 89.5 Å². The first-order valence-corrected chi connectivity index (χ1v) is 11.9. The lowest BCUT2D eigenvalue weighted by molar-refractivity contribution is 0.0743. The van der Waals surface area contributed by atoms with Crippen molar-refractivity contribution in [2.24, 2.45) is 0 Å². The van der Waals surface area contributed by atoms with E-state index in [1.165, 1.54) is 19.2 Å². The van der Waals surface area contributed by atoms with Crippen LogP contribution in [0, 0.1) is 11.3 Å². The number of rotatable bonds is 9. The van der Waals surface area contributed by atoms with E-state index in [0.29, 0.717) is 30.1 Å². The van der Waals surface area contributed by atoms with Crippen LogP contribution >= 0.6 is 0 Å². The Morgan fingerprint density at radius 3 is 2.45 bits per heavy atom. The maximum Gasteiger partial charge on any atom is 0.262 e. The van der Waals surface area contributed by atoms with Crippen molar-refractivity contribution < 1.29 is 17.9 Å². The lowest BCUT2D eigenvalue weighted by Gasteiger charge is -2.23. The summed E-state index contributed by atoms with van der Waals surface area (Å²) in [6.45, 7) is 2.83. The molecule has 3 aromatic rings. The molecule has 8 heteroatoms. The summed E-state index contributed by atoms with van der Waals surface area (Å²) >= 11 is 0. The van der Waals surface area contributed by atoms with Gasteiger partial charge in [-0.3, -0.25) is 9.52 Å². The van der Waals surface area contributed by atoms with Gasteiger partial charge in [-0.15, -0.1) is 0 Å². The Kier molecular flexibility index (Phi) is 7.70. The number of hydrogen-bond donors (Lipinski definition) is 1. The van der Waals surface area contributed by atoms with Crippen molar-refractivity contribution in [3.8, 4) is 11.8 Å². The Bertz CT molecular complexity index is 1270. The fourth-order valence-corrected chi connectivity index (χ4v) is 4.45. The van der Waals surface area contributed by atoms with Gasteiger partial charge in [-0.1, -0.05) is 37.3 Å². The van der Waals surface area contributed by atoms with Crippen molar-refractivity contribution in [1.82, 2.24) is 4.90 Å². The first kappa shape index (κ1) is 23.8. The molecule has 0 bridgehead atoms. The first-order chi connectivity index (χ1) is 15.9. The quantitative estimate of drug-likeness (QED) is 0.506. The number of carbonyl (C=O) groups is 1. The minimum Gasteiger partial charge on any atom is -0.495 e. The third-order valence-corrected chi connectivity index (χ3v) is 6.34. The SMILES string of the molecule is CCCN(Cc1ccc(C#N)cc1)C(=O)c1cccc(S(=O)(=O)Nc2ccccc2OC)c1. The van der Waals surface area contributed by atoms with E-state index in [9.17, 15) is 13.2 Å². The van der Waals surface area contributed by atoms with Gasteiger partial charge in [0.05, 0.1) is 29.3 Å². The standard InChI is InChI=1S/C25H25N3O4S/c1-3-15-28(18-20-13-11-19(17-26)12-14-20)25(29)21-7-6-8-22(16-21)33(30,31)27-23-9-4-5-10-24(23)32-2/h4-14,16,27H,3,15,18H2,1-2H3. The Labute approximate surface area is 194 Å². The number of ether oxygens (including phenoxy) is 1. The minimum atomic E-state index is -3.94. The third kappa shape index (κ3) is 5.90. The number of nitrogens with zero attached hydrogens (tertiary/aromatic N) is 2. The number of nitriles is 1. The number of benzene rings is 3. The van der Waals surface area contributed by atoms with Gasteiger partial charge in [0.2, 0.25) is 0 Å². The fourth-order valence-electron chi connectivity index (χ4n) is 3.34. The van der Waals surface area contributed by atoms with Gasteiger partial charge in [0.25, 0.3) is 15.9 Å². The van der Waals surface area contributed by atoms with E-state index in [0.717, 1.165) is 12.0 Å². The molecule has 0 aliphatic rings. The second kappa shape index (κ2) is 10.7. The van der Waals surface area contributed by atoms with Gasteiger partial charge < -0.3 is 9.64 Å². The number of carbonyl (C=O) groups excluding carboxylic acids is 1. The molecule has 0 atom stereocenters. The van der Waals surface area contributed by atoms with E-state index in [1.54, 1.807) is 53.4 Å². The highest BCUT2D eigenvalue weighted by Crippen LogP contribution is 2.26. The molecule has 3 rings (SSSR count). The maximum atomic E-state index is 13.2. The van der Waals surface area contributed by atoms with Crippen LogP contribution in [-0.2, 0) is 16.6 Å². The molecule has 0 saturated heterocycles. The molecule has 1 amide bonds. The van der Waals surface area contributed by atoms with E-state index in [4.69, 9.17) is 10.00 Å². The normalized spacial score (nSPS) is 10.8. The van der Waals surface area contributed by atoms with E-state index >= 15 is 0 Å². The molecule has 0 spiro atoms. The lowest BCUT2D eigenvalue weighted by Crippen LogP contribution is -2.31. The maximum absolute atomic E-state index is 13.2. The summed E-state index contributed by atoms with van der Waals surface area (Å²) in [5, 5.41) is 8.97. The second-order valence-electron chi connectivity index (χ2n) is 7.37. The zero-order chi connectivity index (χ0) is 23.8. The summed E-state index contributed by atoms with van der Waals surface area (Å²) in [4.78, 5) is 14.9. The van der Waals surface area contributed by atoms with Crippen molar-refractivity contribution >= 4 is 21.6 Å². The number of anilines is 1. The van der Waals surface area contributed by atoms with Crippen molar-refractivity contribution in [2.45, 2.75) is 24.8 Å². The van der Waals surface area contributed by atoms with E-state index in [2.05, 4.69) is 10.8 Å². The van der Waals surface area contributed by atoms with Crippen LogP contribution in [0.1, 0.15) is 34.8 Å². The molecule has 7 nitrogen and oxygen atoms in total. The number of methoxy groups -OCH3 is 1. The molecule has 0 aliphatic carbocycles. The lowest BCUT2D eigenvalue weighted by atomic mass is 10.1. The molecule has 0 radical (unpaired) electrons. The summed E-state index contributed by atoms with van der Waals surface area (Å²) in [6, 6.07) is 21.8. The van der Waals surface area contributed by atoms with Crippen LogP contribution in [0.5, 0.6) is 5.75 Å². The topological polar surface area (TPSA) is 99.5 Å². The van der Waals surface area contributed by atoms with E-state index in [1.807, 2.05) is 19.1 Å². The van der Waals surface area contributed by atoms with Gasteiger partial charge in [0, 0.05) is 18.7 Å². The zero-order valence-corrected chi connectivity index (χ0v) is 19.3. The monoisotopic (exact) mass is 463 g/mol. The van der Waals surface area contributed by atoms with Gasteiger partial charge in [0.1, 0.15) is 5.75 Å².